The minimum Gasteiger partial charge on any atom is -0.478 e. The summed E-state index contributed by atoms with van der Waals surface area (Å²) in [5, 5.41) is 8.54. The largest absolute Gasteiger partial charge is 0.478 e. The standard InChI is InChI=1S/C15H14N2O4S/c18-15(19)8-5-12-3-6-14(7-4-12)22(20,21)17-11-13-2-1-9-16-10-13/h1-10,17H,11H2,(H,18,19)/b8-5+. The number of nitrogens with one attached hydrogen (secondary N) is 1. The molecule has 0 aliphatic carbocycles. The maximum absolute atomic E-state index is 12.1. The van der Waals surface area contributed by atoms with Crippen LogP contribution in [0.1, 0.15) is 11.1 Å². The quantitative estimate of drug-likeness (QED) is 0.790. The third kappa shape index (κ3) is 4.51. The highest BCUT2D eigenvalue weighted by atomic mass is 32.2. The van der Waals surface area contributed by atoms with Gasteiger partial charge in [0.25, 0.3) is 0 Å². The lowest BCUT2D eigenvalue weighted by molar-refractivity contribution is -0.131. The van der Waals surface area contributed by atoms with Crippen LogP contribution in [0.2, 0.25) is 0 Å². The summed E-state index contributed by atoms with van der Waals surface area (Å²) in [6.45, 7) is 0.150. The van der Waals surface area contributed by atoms with Crippen molar-refractivity contribution < 1.29 is 18.3 Å². The van der Waals surface area contributed by atoms with E-state index in [1.807, 2.05) is 0 Å². The van der Waals surface area contributed by atoms with Gasteiger partial charge >= 0.3 is 5.97 Å². The van der Waals surface area contributed by atoms with E-state index in [1.54, 1.807) is 24.5 Å². The zero-order valence-corrected chi connectivity index (χ0v) is 12.3. The number of pyridine rings is 1. The van der Waals surface area contributed by atoms with Gasteiger partial charge in [0.15, 0.2) is 0 Å². The Kier molecular flexibility index (Phi) is 5.03. The van der Waals surface area contributed by atoms with E-state index in [9.17, 15) is 13.2 Å². The van der Waals surface area contributed by atoms with Crippen molar-refractivity contribution in [3.05, 3.63) is 66.0 Å². The molecule has 2 rings (SSSR count). The molecular weight excluding hydrogens is 304 g/mol. The fourth-order valence-electron chi connectivity index (χ4n) is 1.69. The second-order valence-corrected chi connectivity index (χ2v) is 6.19. The number of carbonyl (C=O) groups is 1. The number of aliphatic carboxylic acids is 1. The number of carboxylic acid groups (broad SMARTS) is 1. The van der Waals surface area contributed by atoms with Gasteiger partial charge in [-0.25, -0.2) is 17.9 Å². The summed E-state index contributed by atoms with van der Waals surface area (Å²) in [6.07, 6.45) is 5.58. The van der Waals surface area contributed by atoms with E-state index >= 15 is 0 Å². The van der Waals surface area contributed by atoms with Gasteiger partial charge in [-0.15, -0.1) is 0 Å². The van der Waals surface area contributed by atoms with Crippen molar-refractivity contribution in [3.8, 4) is 0 Å². The van der Waals surface area contributed by atoms with Crippen molar-refractivity contribution in [1.82, 2.24) is 9.71 Å². The zero-order valence-electron chi connectivity index (χ0n) is 11.5. The van der Waals surface area contributed by atoms with Gasteiger partial charge in [-0.1, -0.05) is 18.2 Å². The minimum absolute atomic E-state index is 0.115. The number of carboxylic acids is 1. The Morgan fingerprint density at radius 2 is 1.95 bits per heavy atom. The summed E-state index contributed by atoms with van der Waals surface area (Å²) in [5.74, 6) is -1.06. The lowest BCUT2D eigenvalue weighted by Crippen LogP contribution is -2.23. The molecule has 2 N–H and O–H groups in total. The lowest BCUT2D eigenvalue weighted by Gasteiger charge is -2.07. The predicted molar refractivity (Wildman–Crippen MR) is 81.4 cm³/mol. The number of hydrogen-bond acceptors (Lipinski definition) is 4. The molecule has 0 amide bonds. The van der Waals surface area contributed by atoms with Crippen LogP contribution < -0.4 is 4.72 Å². The van der Waals surface area contributed by atoms with E-state index in [0.29, 0.717) is 5.56 Å². The van der Waals surface area contributed by atoms with E-state index in [-0.39, 0.29) is 11.4 Å². The summed E-state index contributed by atoms with van der Waals surface area (Å²) < 4.78 is 26.8. The Hall–Kier alpha value is -2.51. The molecule has 1 heterocycles. The molecule has 0 radical (unpaired) electrons. The Labute approximate surface area is 128 Å². The number of aromatic nitrogens is 1. The number of benzene rings is 1. The van der Waals surface area contributed by atoms with Crippen molar-refractivity contribution in [3.63, 3.8) is 0 Å². The molecule has 0 saturated heterocycles. The van der Waals surface area contributed by atoms with E-state index in [2.05, 4.69) is 9.71 Å². The van der Waals surface area contributed by atoms with Gasteiger partial charge < -0.3 is 5.11 Å². The van der Waals surface area contributed by atoms with Gasteiger partial charge in [-0.2, -0.15) is 0 Å². The van der Waals surface area contributed by atoms with Crippen LogP contribution in [0.3, 0.4) is 0 Å². The molecule has 2 aromatic rings. The van der Waals surface area contributed by atoms with Crippen LogP contribution in [-0.2, 0) is 21.4 Å². The van der Waals surface area contributed by atoms with Crippen LogP contribution in [0, 0.1) is 0 Å². The van der Waals surface area contributed by atoms with Crippen LogP contribution in [0.5, 0.6) is 0 Å². The predicted octanol–water partition coefficient (Wildman–Crippen LogP) is 1.66. The monoisotopic (exact) mass is 318 g/mol. The summed E-state index contributed by atoms with van der Waals surface area (Å²) >= 11 is 0. The number of nitrogens with zero attached hydrogens (tertiary/aromatic N) is 1. The van der Waals surface area contributed by atoms with Crippen molar-refractivity contribution in [2.24, 2.45) is 0 Å². The molecule has 7 heteroatoms. The van der Waals surface area contributed by atoms with Gasteiger partial charge in [-0.05, 0) is 35.4 Å². The lowest BCUT2D eigenvalue weighted by atomic mass is 10.2. The maximum Gasteiger partial charge on any atom is 0.328 e. The second kappa shape index (κ2) is 6.97. The molecule has 0 saturated carbocycles. The molecule has 0 spiro atoms. The van der Waals surface area contributed by atoms with Crippen LogP contribution in [0.25, 0.3) is 6.08 Å². The molecule has 1 aromatic heterocycles. The first-order valence-corrected chi connectivity index (χ1v) is 7.85. The molecular formula is C15H14N2O4S. The SMILES string of the molecule is O=C(O)/C=C/c1ccc(S(=O)(=O)NCc2cccnc2)cc1. The van der Waals surface area contributed by atoms with E-state index in [4.69, 9.17) is 5.11 Å². The van der Waals surface area contributed by atoms with Crippen molar-refractivity contribution >= 4 is 22.1 Å². The Balaban J connectivity index is 2.07. The summed E-state index contributed by atoms with van der Waals surface area (Å²) in [6, 6.07) is 9.43. The molecule has 0 unspecified atom stereocenters. The maximum atomic E-state index is 12.1. The summed E-state index contributed by atoms with van der Waals surface area (Å²) in [7, 11) is -3.62. The Morgan fingerprint density at radius 1 is 1.23 bits per heavy atom. The molecule has 114 valence electrons. The molecule has 0 bridgehead atoms. The normalized spacial score (nSPS) is 11.6. The van der Waals surface area contributed by atoms with E-state index < -0.39 is 16.0 Å². The second-order valence-electron chi connectivity index (χ2n) is 4.43. The number of rotatable bonds is 6. The average Bonchev–Trinajstić information content (AvgIpc) is 2.52. The van der Waals surface area contributed by atoms with Gasteiger partial charge in [-0.3, -0.25) is 4.98 Å². The average molecular weight is 318 g/mol. The molecule has 1 aromatic carbocycles. The molecule has 6 nitrogen and oxygen atoms in total. The van der Waals surface area contributed by atoms with Crippen LogP contribution in [0.15, 0.2) is 59.8 Å². The Morgan fingerprint density at radius 3 is 2.55 bits per heavy atom. The molecule has 0 atom stereocenters. The smallest absolute Gasteiger partial charge is 0.328 e. The number of hydrogen-bond donors (Lipinski definition) is 2. The van der Waals surface area contributed by atoms with Gasteiger partial charge in [0.1, 0.15) is 0 Å². The zero-order chi connectivity index (χ0) is 16.0. The Bertz CT molecular complexity index is 769. The third-order valence-corrected chi connectivity index (χ3v) is 4.22. The highest BCUT2D eigenvalue weighted by Gasteiger charge is 2.13. The first-order valence-electron chi connectivity index (χ1n) is 6.37. The highest BCUT2D eigenvalue weighted by Crippen LogP contribution is 2.12. The third-order valence-electron chi connectivity index (χ3n) is 2.80. The molecule has 22 heavy (non-hydrogen) atoms. The minimum atomic E-state index is -3.62. The molecule has 0 fully saturated rings. The fraction of sp³-hybridized carbons (Fsp3) is 0.0667. The van der Waals surface area contributed by atoms with Gasteiger partial charge in [0.05, 0.1) is 4.90 Å². The van der Waals surface area contributed by atoms with Crippen LogP contribution >= 0.6 is 0 Å². The van der Waals surface area contributed by atoms with E-state index in [0.717, 1.165) is 11.6 Å². The molecule has 0 aliphatic rings. The van der Waals surface area contributed by atoms with Crippen molar-refractivity contribution in [1.29, 1.82) is 0 Å². The highest BCUT2D eigenvalue weighted by molar-refractivity contribution is 7.89. The van der Waals surface area contributed by atoms with Crippen molar-refractivity contribution in [2.45, 2.75) is 11.4 Å². The van der Waals surface area contributed by atoms with Gasteiger partial charge in [0, 0.05) is 25.0 Å². The molecule has 0 aliphatic heterocycles. The first-order chi connectivity index (χ1) is 10.5. The van der Waals surface area contributed by atoms with E-state index in [1.165, 1.54) is 30.3 Å². The number of sulfonamides is 1. The summed E-state index contributed by atoms with van der Waals surface area (Å²) in [4.78, 5) is 14.4. The van der Waals surface area contributed by atoms with Crippen molar-refractivity contribution in [2.75, 3.05) is 0 Å². The van der Waals surface area contributed by atoms with Gasteiger partial charge in [0.2, 0.25) is 10.0 Å². The van der Waals surface area contributed by atoms with Crippen LogP contribution in [0.4, 0.5) is 0 Å². The summed E-state index contributed by atoms with van der Waals surface area (Å²) in [5.41, 5.74) is 1.36. The van der Waals surface area contributed by atoms with Crippen LogP contribution in [-0.4, -0.2) is 24.5 Å². The first kappa shape index (κ1) is 15.9. The topological polar surface area (TPSA) is 96.4 Å². The fourth-order valence-corrected chi connectivity index (χ4v) is 2.71.